The fraction of sp³-hybridized carbons (Fsp3) is 0.733. The Hall–Kier alpha value is -2.20. The van der Waals surface area contributed by atoms with Gasteiger partial charge in [0.15, 0.2) is 6.04 Å². The molecule has 0 saturated carbocycles. The van der Waals surface area contributed by atoms with Crippen molar-refractivity contribution in [1.82, 2.24) is 10.6 Å². The van der Waals surface area contributed by atoms with Gasteiger partial charge in [-0.3, -0.25) is 14.4 Å². The second kappa shape index (κ2) is 10.6. The molecule has 3 amide bonds. The summed E-state index contributed by atoms with van der Waals surface area (Å²) in [5.41, 5.74) is 10.9. The van der Waals surface area contributed by atoms with E-state index in [4.69, 9.17) is 16.6 Å². The van der Waals surface area contributed by atoms with Crippen LogP contribution in [0, 0.1) is 5.92 Å². The van der Waals surface area contributed by atoms with E-state index in [1.54, 1.807) is 6.92 Å². The van der Waals surface area contributed by atoms with Gasteiger partial charge in [0.05, 0.1) is 12.1 Å². The van der Waals surface area contributed by atoms with Crippen LogP contribution in [0.1, 0.15) is 40.0 Å². The maximum Gasteiger partial charge on any atom is 0.328 e. The number of nitrogens with one attached hydrogen (secondary N) is 2. The van der Waals surface area contributed by atoms with Gasteiger partial charge in [-0.2, -0.15) is 0 Å². The number of primary amides is 1. The second-order valence-corrected chi connectivity index (χ2v) is 6.04. The minimum absolute atomic E-state index is 0.119. The minimum atomic E-state index is -1.55. The van der Waals surface area contributed by atoms with Crippen LogP contribution in [0.3, 0.4) is 0 Å². The molecule has 0 aliphatic rings. The SMILES string of the molecule is CCC(C)C(N)C(=O)NC(CCC(N)=O)C(=O)NC(C(=O)O)C(C)O. The van der Waals surface area contributed by atoms with Crippen molar-refractivity contribution in [2.45, 2.75) is 64.3 Å². The molecule has 0 bridgehead atoms. The fourth-order valence-corrected chi connectivity index (χ4v) is 1.98. The molecule has 144 valence electrons. The monoisotopic (exact) mass is 360 g/mol. The van der Waals surface area contributed by atoms with E-state index >= 15 is 0 Å². The number of hydrogen-bond donors (Lipinski definition) is 6. The highest BCUT2D eigenvalue weighted by atomic mass is 16.4. The number of carbonyl (C=O) groups excluding carboxylic acids is 3. The van der Waals surface area contributed by atoms with Crippen molar-refractivity contribution in [3.8, 4) is 0 Å². The maximum atomic E-state index is 12.3. The van der Waals surface area contributed by atoms with Gasteiger partial charge in [-0.05, 0) is 19.3 Å². The van der Waals surface area contributed by atoms with Crippen LogP contribution in [0.25, 0.3) is 0 Å². The number of carbonyl (C=O) groups is 4. The maximum absolute atomic E-state index is 12.3. The van der Waals surface area contributed by atoms with Gasteiger partial charge in [-0.25, -0.2) is 4.79 Å². The number of carboxylic acids is 1. The van der Waals surface area contributed by atoms with E-state index in [1.165, 1.54) is 6.92 Å². The Labute approximate surface area is 146 Å². The molecule has 10 heteroatoms. The van der Waals surface area contributed by atoms with Crippen LogP contribution in [0.15, 0.2) is 0 Å². The smallest absolute Gasteiger partial charge is 0.328 e. The lowest BCUT2D eigenvalue weighted by molar-refractivity contribution is -0.145. The Morgan fingerprint density at radius 2 is 1.64 bits per heavy atom. The van der Waals surface area contributed by atoms with E-state index in [1.807, 2.05) is 6.92 Å². The second-order valence-electron chi connectivity index (χ2n) is 6.04. The van der Waals surface area contributed by atoms with Crippen LogP contribution >= 0.6 is 0 Å². The number of aliphatic carboxylic acids is 1. The van der Waals surface area contributed by atoms with Crippen molar-refractivity contribution < 1.29 is 29.4 Å². The summed E-state index contributed by atoms with van der Waals surface area (Å²) in [7, 11) is 0. The van der Waals surface area contributed by atoms with E-state index in [9.17, 15) is 24.3 Å². The van der Waals surface area contributed by atoms with Crippen LogP contribution in [-0.4, -0.2) is 58.1 Å². The van der Waals surface area contributed by atoms with E-state index < -0.39 is 47.9 Å². The molecule has 0 aromatic heterocycles. The summed E-state index contributed by atoms with van der Waals surface area (Å²) >= 11 is 0. The zero-order valence-corrected chi connectivity index (χ0v) is 14.7. The molecule has 0 aliphatic heterocycles. The summed E-state index contributed by atoms with van der Waals surface area (Å²) in [5, 5.41) is 23.0. The summed E-state index contributed by atoms with van der Waals surface area (Å²) < 4.78 is 0. The van der Waals surface area contributed by atoms with Crippen molar-refractivity contribution in [3.63, 3.8) is 0 Å². The molecule has 0 saturated heterocycles. The Bertz CT molecular complexity index is 496. The fourth-order valence-electron chi connectivity index (χ4n) is 1.98. The van der Waals surface area contributed by atoms with Crippen molar-refractivity contribution in [2.24, 2.45) is 17.4 Å². The van der Waals surface area contributed by atoms with E-state index in [0.29, 0.717) is 6.42 Å². The number of rotatable bonds is 11. The number of carboxylic acid groups (broad SMARTS) is 1. The van der Waals surface area contributed by atoms with E-state index in [0.717, 1.165) is 0 Å². The largest absolute Gasteiger partial charge is 0.480 e. The molecule has 10 nitrogen and oxygen atoms in total. The van der Waals surface area contributed by atoms with E-state index in [2.05, 4.69) is 10.6 Å². The summed E-state index contributed by atoms with van der Waals surface area (Å²) in [6.45, 7) is 4.83. The lowest BCUT2D eigenvalue weighted by atomic mass is 9.98. The first-order chi connectivity index (χ1) is 11.5. The summed E-state index contributed by atoms with van der Waals surface area (Å²) in [6.07, 6.45) is -1.01. The highest BCUT2D eigenvalue weighted by Gasteiger charge is 2.31. The molecule has 0 aliphatic carbocycles. The van der Waals surface area contributed by atoms with Gasteiger partial charge >= 0.3 is 5.97 Å². The number of aliphatic hydroxyl groups is 1. The molecule has 25 heavy (non-hydrogen) atoms. The summed E-state index contributed by atoms with van der Waals surface area (Å²) in [5.74, 6) is -3.69. The molecule has 5 unspecified atom stereocenters. The first kappa shape index (κ1) is 22.8. The van der Waals surface area contributed by atoms with Crippen LogP contribution in [0.2, 0.25) is 0 Å². The number of hydrogen-bond acceptors (Lipinski definition) is 6. The number of nitrogens with two attached hydrogens (primary N) is 2. The lowest BCUT2D eigenvalue weighted by Gasteiger charge is -2.25. The predicted octanol–water partition coefficient (Wildman–Crippen LogP) is -1.94. The highest BCUT2D eigenvalue weighted by molar-refractivity contribution is 5.92. The Balaban J connectivity index is 5.14. The molecule has 0 aromatic rings. The Morgan fingerprint density at radius 3 is 2.04 bits per heavy atom. The standard InChI is InChI=1S/C15H28N4O6/c1-4-7(2)11(17)14(23)18-9(5-6-10(16)21)13(22)19-12(8(3)20)15(24)25/h7-9,11-12,20H,4-6,17H2,1-3H3,(H2,16,21)(H,18,23)(H,19,22)(H,24,25). The molecule has 0 radical (unpaired) electrons. The first-order valence-electron chi connectivity index (χ1n) is 8.06. The third-order valence-electron chi connectivity index (χ3n) is 3.92. The molecular weight excluding hydrogens is 332 g/mol. The van der Waals surface area contributed by atoms with Gasteiger partial charge in [-0.15, -0.1) is 0 Å². The van der Waals surface area contributed by atoms with Crippen LogP contribution in [0.5, 0.6) is 0 Å². The summed E-state index contributed by atoms with van der Waals surface area (Å²) in [6, 6.07) is -3.61. The van der Waals surface area contributed by atoms with Crippen LogP contribution in [-0.2, 0) is 19.2 Å². The molecule has 0 aromatic carbocycles. The molecule has 0 heterocycles. The van der Waals surface area contributed by atoms with Gasteiger partial charge in [0.1, 0.15) is 6.04 Å². The van der Waals surface area contributed by atoms with Crippen LogP contribution < -0.4 is 22.1 Å². The van der Waals surface area contributed by atoms with Gasteiger partial charge in [0.2, 0.25) is 17.7 Å². The Kier molecular flexibility index (Phi) is 9.69. The quantitative estimate of drug-likeness (QED) is 0.247. The molecule has 5 atom stereocenters. The molecule has 0 rings (SSSR count). The normalized spacial score (nSPS) is 16.8. The first-order valence-corrected chi connectivity index (χ1v) is 8.06. The van der Waals surface area contributed by atoms with Gasteiger partial charge < -0.3 is 32.3 Å². The van der Waals surface area contributed by atoms with Crippen LogP contribution in [0.4, 0.5) is 0 Å². The van der Waals surface area contributed by atoms with Crippen molar-refractivity contribution in [2.75, 3.05) is 0 Å². The average molecular weight is 360 g/mol. The lowest BCUT2D eigenvalue weighted by Crippen LogP contribution is -2.57. The van der Waals surface area contributed by atoms with Gasteiger partial charge in [0.25, 0.3) is 0 Å². The number of amides is 3. The van der Waals surface area contributed by atoms with E-state index in [-0.39, 0.29) is 18.8 Å². The molecule has 0 spiro atoms. The minimum Gasteiger partial charge on any atom is -0.480 e. The topological polar surface area (TPSA) is 185 Å². The zero-order chi connectivity index (χ0) is 19.7. The number of aliphatic hydroxyl groups excluding tert-OH is 1. The summed E-state index contributed by atoms with van der Waals surface area (Å²) in [4.78, 5) is 46.5. The third kappa shape index (κ3) is 7.94. The molecule has 0 fully saturated rings. The molecular formula is C15H28N4O6. The van der Waals surface area contributed by atoms with Crippen molar-refractivity contribution in [3.05, 3.63) is 0 Å². The van der Waals surface area contributed by atoms with Crippen molar-refractivity contribution in [1.29, 1.82) is 0 Å². The van der Waals surface area contributed by atoms with Gasteiger partial charge in [0, 0.05) is 6.42 Å². The van der Waals surface area contributed by atoms with Gasteiger partial charge in [-0.1, -0.05) is 20.3 Å². The third-order valence-corrected chi connectivity index (χ3v) is 3.92. The predicted molar refractivity (Wildman–Crippen MR) is 89.0 cm³/mol. The average Bonchev–Trinajstić information content (AvgIpc) is 2.53. The van der Waals surface area contributed by atoms with Crippen molar-refractivity contribution >= 4 is 23.7 Å². The Morgan fingerprint density at radius 1 is 1.08 bits per heavy atom. The molecule has 8 N–H and O–H groups in total. The zero-order valence-electron chi connectivity index (χ0n) is 14.7. The highest BCUT2D eigenvalue weighted by Crippen LogP contribution is 2.07.